The van der Waals surface area contributed by atoms with E-state index in [-0.39, 0.29) is 17.9 Å². The van der Waals surface area contributed by atoms with Crippen molar-refractivity contribution in [2.75, 3.05) is 0 Å². The summed E-state index contributed by atoms with van der Waals surface area (Å²) >= 11 is 0. The summed E-state index contributed by atoms with van der Waals surface area (Å²) in [5, 5.41) is 11.4. The van der Waals surface area contributed by atoms with Crippen LogP contribution >= 0.6 is 0 Å². The van der Waals surface area contributed by atoms with Gasteiger partial charge in [0.05, 0.1) is 11.6 Å². The second kappa shape index (κ2) is 10.7. The van der Waals surface area contributed by atoms with Crippen molar-refractivity contribution in [2.24, 2.45) is 0 Å². The van der Waals surface area contributed by atoms with Crippen LogP contribution in [-0.4, -0.2) is 26.7 Å². The Balaban J connectivity index is 1.52. The first kappa shape index (κ1) is 24.9. The topological polar surface area (TPSA) is 79.7 Å². The Kier molecular flexibility index (Phi) is 7.00. The predicted octanol–water partition coefficient (Wildman–Crippen LogP) is 5.73. The van der Waals surface area contributed by atoms with E-state index in [0.29, 0.717) is 29.0 Å². The lowest BCUT2D eigenvalue weighted by Crippen LogP contribution is -2.29. The Morgan fingerprint density at radius 3 is 2.39 bits per heavy atom. The number of carbonyl (C=O) groups is 2. The number of benzene rings is 3. The molecule has 1 amide bonds. The fraction of sp³-hybridized carbons (Fsp3) is 0.129. The van der Waals surface area contributed by atoms with E-state index in [2.05, 4.69) is 4.98 Å². The summed E-state index contributed by atoms with van der Waals surface area (Å²) in [6.45, 7) is 2.28. The summed E-state index contributed by atoms with van der Waals surface area (Å²) < 4.78 is 19.6. The molecule has 1 aliphatic heterocycles. The van der Waals surface area contributed by atoms with Crippen LogP contribution in [0.4, 0.5) is 4.39 Å². The molecule has 1 saturated heterocycles. The maximum atomic E-state index is 13.7. The Bertz CT molecular complexity index is 1500. The van der Waals surface area contributed by atoms with Crippen molar-refractivity contribution in [1.82, 2.24) is 9.88 Å². The van der Waals surface area contributed by atoms with Gasteiger partial charge in [0.25, 0.3) is 11.7 Å². The lowest BCUT2D eigenvalue weighted by atomic mass is 9.93. The molecule has 0 radical (unpaired) electrons. The first-order valence-corrected chi connectivity index (χ1v) is 12.1. The average molecular weight is 509 g/mol. The molecule has 190 valence electrons. The number of amides is 1. The summed E-state index contributed by atoms with van der Waals surface area (Å²) in [7, 11) is 0. The van der Waals surface area contributed by atoms with Gasteiger partial charge in [0.1, 0.15) is 23.9 Å². The molecule has 38 heavy (non-hydrogen) atoms. The lowest BCUT2D eigenvalue weighted by molar-refractivity contribution is -0.140. The number of pyridine rings is 1. The van der Waals surface area contributed by atoms with Gasteiger partial charge in [0, 0.05) is 24.5 Å². The molecule has 5 rings (SSSR count). The van der Waals surface area contributed by atoms with Crippen molar-refractivity contribution >= 4 is 17.4 Å². The summed E-state index contributed by atoms with van der Waals surface area (Å²) in [5.41, 5.74) is 3.28. The van der Waals surface area contributed by atoms with Crippen LogP contribution in [0.1, 0.15) is 33.9 Å². The number of hydrogen-bond acceptors (Lipinski definition) is 5. The van der Waals surface area contributed by atoms with E-state index in [1.54, 1.807) is 49.6 Å². The monoisotopic (exact) mass is 508 g/mol. The molecule has 0 saturated carbocycles. The average Bonchev–Trinajstić information content (AvgIpc) is 3.18. The fourth-order valence-electron chi connectivity index (χ4n) is 4.60. The van der Waals surface area contributed by atoms with Crippen molar-refractivity contribution in [3.63, 3.8) is 0 Å². The fourth-order valence-corrected chi connectivity index (χ4v) is 4.60. The van der Waals surface area contributed by atoms with Gasteiger partial charge >= 0.3 is 0 Å². The van der Waals surface area contributed by atoms with E-state index in [0.717, 1.165) is 11.1 Å². The molecule has 7 heteroatoms. The highest BCUT2D eigenvalue weighted by Gasteiger charge is 2.46. The van der Waals surface area contributed by atoms with E-state index in [1.165, 1.54) is 29.2 Å². The third kappa shape index (κ3) is 5.04. The highest BCUT2D eigenvalue weighted by molar-refractivity contribution is 6.46. The molecule has 1 atom stereocenters. The number of nitrogens with zero attached hydrogens (tertiary/aromatic N) is 2. The van der Waals surface area contributed by atoms with Crippen LogP contribution in [0.2, 0.25) is 0 Å². The molecule has 1 aromatic heterocycles. The van der Waals surface area contributed by atoms with Crippen LogP contribution in [0.3, 0.4) is 0 Å². The maximum Gasteiger partial charge on any atom is 0.295 e. The summed E-state index contributed by atoms with van der Waals surface area (Å²) in [4.78, 5) is 31.9. The largest absolute Gasteiger partial charge is 0.507 e. The third-order valence-electron chi connectivity index (χ3n) is 6.50. The van der Waals surface area contributed by atoms with Gasteiger partial charge in [-0.15, -0.1) is 0 Å². The molecular weight excluding hydrogens is 483 g/mol. The molecule has 1 N–H and O–H groups in total. The van der Waals surface area contributed by atoms with Gasteiger partial charge in [-0.25, -0.2) is 4.39 Å². The van der Waals surface area contributed by atoms with E-state index < -0.39 is 23.5 Å². The van der Waals surface area contributed by atoms with Crippen LogP contribution in [0.5, 0.6) is 5.75 Å². The van der Waals surface area contributed by atoms with Crippen molar-refractivity contribution < 1.29 is 23.8 Å². The molecule has 4 aromatic rings. The number of ketones is 1. The number of hydrogen-bond donors (Lipinski definition) is 1. The number of rotatable bonds is 7. The molecule has 6 nitrogen and oxygen atoms in total. The number of aliphatic hydroxyl groups excluding tert-OH is 1. The zero-order chi connectivity index (χ0) is 26.6. The maximum absolute atomic E-state index is 13.7. The van der Waals surface area contributed by atoms with Crippen LogP contribution in [0.25, 0.3) is 5.76 Å². The molecule has 1 aliphatic rings. The highest BCUT2D eigenvalue weighted by Crippen LogP contribution is 2.41. The van der Waals surface area contributed by atoms with E-state index in [4.69, 9.17) is 4.74 Å². The molecular formula is C31H25FN2O4. The third-order valence-corrected chi connectivity index (χ3v) is 6.50. The van der Waals surface area contributed by atoms with Gasteiger partial charge in [0.2, 0.25) is 0 Å². The number of halogens is 1. The zero-order valence-electron chi connectivity index (χ0n) is 20.7. The normalized spacial score (nSPS) is 16.6. The molecule has 0 aliphatic carbocycles. The summed E-state index contributed by atoms with van der Waals surface area (Å²) in [5.74, 6) is -1.68. The minimum atomic E-state index is -0.899. The van der Waals surface area contributed by atoms with Crippen molar-refractivity contribution in [3.8, 4) is 5.75 Å². The number of carbonyl (C=O) groups excluding carboxylic acids is 2. The molecule has 3 aromatic carbocycles. The number of ether oxygens (including phenoxy) is 1. The van der Waals surface area contributed by atoms with Gasteiger partial charge in [-0.3, -0.25) is 14.6 Å². The van der Waals surface area contributed by atoms with E-state index >= 15 is 0 Å². The van der Waals surface area contributed by atoms with E-state index in [9.17, 15) is 19.1 Å². The predicted molar refractivity (Wildman–Crippen MR) is 140 cm³/mol. The zero-order valence-corrected chi connectivity index (χ0v) is 20.7. The standard InChI is InChI=1S/C31H25FN2O4/c1-20-16-25(38-19-21-6-3-2-4-7-21)13-14-26(20)29(35)27-28(23-9-11-24(32)12-10-23)34(31(37)30(27)36)18-22-8-5-15-33-17-22/h2-17,28,35H,18-19H2,1H3/b29-27+/t28-/m1/s1. The molecule has 0 bridgehead atoms. The number of Topliss-reactive ketones (excluding diaryl/α,β-unsaturated/α-hetero) is 1. The number of aryl methyl sites for hydroxylation is 1. The number of likely N-dealkylation sites (tertiary alicyclic amines) is 1. The van der Waals surface area contributed by atoms with Crippen LogP contribution < -0.4 is 4.74 Å². The Morgan fingerprint density at radius 1 is 0.974 bits per heavy atom. The molecule has 0 spiro atoms. The highest BCUT2D eigenvalue weighted by atomic mass is 19.1. The van der Waals surface area contributed by atoms with Crippen molar-refractivity contribution in [3.05, 3.63) is 137 Å². The van der Waals surface area contributed by atoms with Gasteiger partial charge in [-0.05, 0) is 65.6 Å². The quantitative estimate of drug-likeness (QED) is 0.196. The Labute approximate surface area is 219 Å². The number of aromatic nitrogens is 1. The smallest absolute Gasteiger partial charge is 0.295 e. The van der Waals surface area contributed by atoms with Crippen LogP contribution in [-0.2, 0) is 22.7 Å². The van der Waals surface area contributed by atoms with Gasteiger partial charge < -0.3 is 14.7 Å². The second-order valence-corrected chi connectivity index (χ2v) is 9.09. The summed E-state index contributed by atoms with van der Waals surface area (Å²) in [6, 6.07) is 23.1. The minimum absolute atomic E-state index is 0.0495. The summed E-state index contributed by atoms with van der Waals surface area (Å²) in [6.07, 6.45) is 3.23. The lowest BCUT2D eigenvalue weighted by Gasteiger charge is -2.25. The second-order valence-electron chi connectivity index (χ2n) is 9.09. The Hall–Kier alpha value is -4.78. The molecule has 0 unspecified atom stereocenters. The van der Waals surface area contributed by atoms with Crippen LogP contribution in [0, 0.1) is 12.7 Å². The van der Waals surface area contributed by atoms with Crippen LogP contribution in [0.15, 0.2) is 103 Å². The molecule has 1 fully saturated rings. The van der Waals surface area contributed by atoms with Crippen molar-refractivity contribution in [2.45, 2.75) is 26.1 Å². The van der Waals surface area contributed by atoms with Gasteiger partial charge in [-0.1, -0.05) is 48.5 Å². The SMILES string of the molecule is Cc1cc(OCc2ccccc2)ccc1/C(O)=C1\C(=O)C(=O)N(Cc2cccnc2)[C@@H]1c1ccc(F)cc1. The van der Waals surface area contributed by atoms with Gasteiger partial charge in [-0.2, -0.15) is 0 Å². The number of aliphatic hydroxyl groups is 1. The molecule has 2 heterocycles. The van der Waals surface area contributed by atoms with E-state index in [1.807, 2.05) is 30.3 Å². The first-order chi connectivity index (χ1) is 18.4. The minimum Gasteiger partial charge on any atom is -0.507 e. The van der Waals surface area contributed by atoms with Gasteiger partial charge in [0.15, 0.2) is 0 Å². The first-order valence-electron chi connectivity index (χ1n) is 12.1. The van der Waals surface area contributed by atoms with Crippen molar-refractivity contribution in [1.29, 1.82) is 0 Å². The Morgan fingerprint density at radius 2 is 1.71 bits per heavy atom.